The van der Waals surface area contributed by atoms with Gasteiger partial charge in [0.25, 0.3) is 11.7 Å². The first kappa shape index (κ1) is 38.2. The summed E-state index contributed by atoms with van der Waals surface area (Å²) in [7, 11) is 0. The van der Waals surface area contributed by atoms with Crippen LogP contribution in [-0.4, -0.2) is 65.5 Å². The maximum atomic E-state index is 15.4. The van der Waals surface area contributed by atoms with Gasteiger partial charge in [-0.1, -0.05) is 74.5 Å². The fourth-order valence-corrected chi connectivity index (χ4v) is 8.36. The van der Waals surface area contributed by atoms with Crippen LogP contribution in [0.2, 0.25) is 0 Å². The molecule has 1 saturated carbocycles. The van der Waals surface area contributed by atoms with E-state index >= 15 is 4.39 Å². The molecule has 3 aliphatic rings. The number of aromatic nitrogens is 5. The Labute approximate surface area is 340 Å². The largest absolute Gasteiger partial charge is 0.374 e. The topological polar surface area (TPSA) is 160 Å². The molecule has 3 aromatic carbocycles. The fraction of sp³-hybridized carbons (Fsp3) is 0.356. The van der Waals surface area contributed by atoms with Gasteiger partial charge >= 0.3 is 0 Å². The van der Waals surface area contributed by atoms with E-state index in [1.165, 1.54) is 36.4 Å². The minimum Gasteiger partial charge on any atom is -0.374 e. The minimum absolute atomic E-state index is 0.0441. The number of carbonyl (C=O) groups is 3. The second-order valence-electron chi connectivity index (χ2n) is 17.1. The third kappa shape index (κ3) is 7.96. The number of likely N-dealkylation sites (tertiary alicyclic amines) is 1. The summed E-state index contributed by atoms with van der Waals surface area (Å²) in [6, 6.07) is 23.7. The standard InChI is InChI=1S/C45H46FN9O4/c1-44(2,3)43-52-40(53-59-43)42(58)47-23-32-9-8-30(20-35(32)46)39-37-21-33(25-55(37)49-26-48-39)29-6-4-27(5-7-29)24-54-19-16-31(22-45(54)17-18-45)28-10-12-34(13-11-28)50-36-14-15-38(56)51-41(36)57/h4-13,20-21,25-26,31,36,50H,14-19,22-24H2,1-3H3,(H,47,58)(H,51,56,57)/t31-,36?/m1/s1. The maximum absolute atomic E-state index is 15.4. The maximum Gasteiger partial charge on any atom is 0.292 e. The number of carbonyl (C=O) groups excluding carboxylic acids is 3. The Kier molecular flexibility index (Phi) is 9.82. The summed E-state index contributed by atoms with van der Waals surface area (Å²) in [5, 5.41) is 16.6. The van der Waals surface area contributed by atoms with Crippen molar-refractivity contribution in [3.63, 3.8) is 0 Å². The number of amides is 3. The van der Waals surface area contributed by atoms with Gasteiger partial charge in [-0.25, -0.2) is 13.9 Å². The van der Waals surface area contributed by atoms with Crippen molar-refractivity contribution in [1.82, 2.24) is 40.3 Å². The van der Waals surface area contributed by atoms with E-state index in [1.807, 2.05) is 33.0 Å². The molecule has 59 heavy (non-hydrogen) atoms. The lowest BCUT2D eigenvalue weighted by Gasteiger charge is -2.40. The lowest BCUT2D eigenvalue weighted by atomic mass is 9.83. The second-order valence-corrected chi connectivity index (χ2v) is 17.1. The summed E-state index contributed by atoms with van der Waals surface area (Å²) in [4.78, 5) is 47.7. The van der Waals surface area contributed by atoms with E-state index in [2.05, 4.69) is 89.6 Å². The second kappa shape index (κ2) is 15.1. The molecule has 3 N–H and O–H groups in total. The minimum atomic E-state index is -0.547. The molecule has 2 aliphatic heterocycles. The van der Waals surface area contributed by atoms with Crippen LogP contribution in [0.5, 0.6) is 0 Å². The van der Waals surface area contributed by atoms with Crippen molar-refractivity contribution in [2.24, 2.45) is 0 Å². The molecule has 1 aliphatic carbocycles. The van der Waals surface area contributed by atoms with Gasteiger partial charge in [-0.15, -0.1) is 0 Å². The molecule has 0 radical (unpaired) electrons. The molecule has 6 aromatic rings. The fourth-order valence-electron chi connectivity index (χ4n) is 8.36. The van der Waals surface area contributed by atoms with E-state index in [1.54, 1.807) is 16.6 Å². The van der Waals surface area contributed by atoms with Gasteiger partial charge in [0.1, 0.15) is 18.2 Å². The average molecular weight is 796 g/mol. The number of hydrogen-bond acceptors (Lipinski definition) is 10. The third-order valence-corrected chi connectivity index (χ3v) is 11.9. The Morgan fingerprint density at radius 2 is 1.76 bits per heavy atom. The van der Waals surface area contributed by atoms with E-state index < -0.39 is 17.1 Å². The summed E-state index contributed by atoms with van der Waals surface area (Å²) in [6.07, 6.45) is 8.92. The van der Waals surface area contributed by atoms with Crippen LogP contribution in [0.15, 0.2) is 89.8 Å². The molecular weight excluding hydrogens is 750 g/mol. The first-order valence-corrected chi connectivity index (χ1v) is 20.2. The molecule has 13 nitrogen and oxygen atoms in total. The molecule has 2 saturated heterocycles. The number of benzene rings is 3. The van der Waals surface area contributed by atoms with Gasteiger partial charge < -0.3 is 15.2 Å². The molecule has 3 amide bonds. The van der Waals surface area contributed by atoms with Gasteiger partial charge in [-0.3, -0.25) is 24.6 Å². The van der Waals surface area contributed by atoms with Crippen LogP contribution in [-0.2, 0) is 28.1 Å². The van der Waals surface area contributed by atoms with E-state index in [-0.39, 0.29) is 35.8 Å². The van der Waals surface area contributed by atoms with Gasteiger partial charge in [-0.05, 0) is 85.5 Å². The molecular formula is C45H46FN9O4. The first-order valence-electron chi connectivity index (χ1n) is 20.2. The van der Waals surface area contributed by atoms with Gasteiger partial charge in [0.15, 0.2) is 0 Å². The van der Waals surface area contributed by atoms with Gasteiger partial charge in [0.05, 0.1) is 11.2 Å². The molecule has 9 rings (SSSR count). The SMILES string of the molecule is CC(C)(C)c1nc(C(=O)NCc2ccc(-c3ncnn4cc(-c5ccc(CN6CC[C@@H](c7ccc(NC8CCC(=O)NC8=O)cc7)CC67CC7)cc5)cc34)cc2F)no1. The Morgan fingerprint density at radius 1 is 0.983 bits per heavy atom. The monoisotopic (exact) mass is 795 g/mol. The van der Waals surface area contributed by atoms with Crippen molar-refractivity contribution in [1.29, 1.82) is 0 Å². The Hall–Kier alpha value is -6.28. The molecule has 14 heteroatoms. The molecule has 3 fully saturated rings. The van der Waals surface area contributed by atoms with Gasteiger partial charge in [-0.2, -0.15) is 10.1 Å². The van der Waals surface area contributed by atoms with Crippen molar-refractivity contribution in [3.05, 3.63) is 120 Å². The number of nitrogens with zero attached hydrogens (tertiary/aromatic N) is 6. The number of hydrogen-bond donors (Lipinski definition) is 3. The quantitative estimate of drug-likeness (QED) is 0.124. The zero-order valence-corrected chi connectivity index (χ0v) is 33.3. The van der Waals surface area contributed by atoms with Crippen LogP contribution in [0.4, 0.5) is 10.1 Å². The molecule has 1 spiro atoms. The van der Waals surface area contributed by atoms with Crippen molar-refractivity contribution in [2.45, 2.75) is 95.3 Å². The summed E-state index contributed by atoms with van der Waals surface area (Å²) in [5.41, 5.74) is 7.61. The van der Waals surface area contributed by atoms with Crippen LogP contribution in [0.1, 0.15) is 98.4 Å². The number of imide groups is 1. The van der Waals surface area contributed by atoms with E-state index in [0.29, 0.717) is 41.5 Å². The average Bonchev–Trinajstić information content (AvgIpc) is 3.57. The van der Waals surface area contributed by atoms with Crippen LogP contribution in [0, 0.1) is 5.82 Å². The molecule has 5 heterocycles. The molecule has 3 aromatic heterocycles. The highest BCUT2D eigenvalue weighted by atomic mass is 19.1. The molecule has 0 bridgehead atoms. The lowest BCUT2D eigenvalue weighted by Crippen LogP contribution is -2.47. The third-order valence-electron chi connectivity index (χ3n) is 11.9. The summed E-state index contributed by atoms with van der Waals surface area (Å²) in [6.45, 7) is 7.60. The smallest absolute Gasteiger partial charge is 0.292 e. The highest BCUT2D eigenvalue weighted by Crippen LogP contribution is 2.53. The predicted molar refractivity (Wildman–Crippen MR) is 219 cm³/mol. The van der Waals surface area contributed by atoms with Crippen LogP contribution >= 0.6 is 0 Å². The summed E-state index contributed by atoms with van der Waals surface area (Å²) < 4.78 is 22.4. The Morgan fingerprint density at radius 3 is 2.47 bits per heavy atom. The molecule has 302 valence electrons. The van der Waals surface area contributed by atoms with E-state index in [0.717, 1.165) is 48.3 Å². The van der Waals surface area contributed by atoms with Crippen LogP contribution < -0.4 is 16.0 Å². The van der Waals surface area contributed by atoms with E-state index in [9.17, 15) is 14.4 Å². The zero-order chi connectivity index (χ0) is 40.9. The highest BCUT2D eigenvalue weighted by molar-refractivity contribution is 6.01. The van der Waals surface area contributed by atoms with Crippen LogP contribution in [0.25, 0.3) is 27.9 Å². The number of fused-ring (bicyclic) bond motifs is 1. The number of nitrogens with one attached hydrogen (secondary N) is 3. The van der Waals surface area contributed by atoms with Gasteiger partial charge in [0, 0.05) is 59.0 Å². The predicted octanol–water partition coefficient (Wildman–Crippen LogP) is 6.94. The molecule has 1 unspecified atom stereocenters. The van der Waals surface area contributed by atoms with Crippen molar-refractivity contribution in [2.75, 3.05) is 11.9 Å². The Balaban J connectivity index is 0.822. The highest BCUT2D eigenvalue weighted by Gasteiger charge is 2.51. The number of rotatable bonds is 10. The molecule has 2 atom stereocenters. The van der Waals surface area contributed by atoms with Crippen molar-refractivity contribution < 1.29 is 23.3 Å². The van der Waals surface area contributed by atoms with Crippen molar-refractivity contribution >= 4 is 28.9 Å². The number of anilines is 1. The summed E-state index contributed by atoms with van der Waals surface area (Å²) >= 11 is 0. The lowest BCUT2D eigenvalue weighted by molar-refractivity contribution is -0.133. The first-order chi connectivity index (χ1) is 28.4. The number of halogens is 1. The van der Waals surface area contributed by atoms with Gasteiger partial charge in [0.2, 0.25) is 17.7 Å². The normalized spacial score (nSPS) is 19.2. The van der Waals surface area contributed by atoms with Crippen LogP contribution in [0.3, 0.4) is 0 Å². The van der Waals surface area contributed by atoms with E-state index in [4.69, 9.17) is 4.52 Å². The van der Waals surface area contributed by atoms with Crippen molar-refractivity contribution in [3.8, 4) is 22.4 Å². The Bertz CT molecular complexity index is 2560. The summed E-state index contributed by atoms with van der Waals surface area (Å²) in [5.74, 6) is -0.749. The number of piperidine rings is 2. The zero-order valence-electron chi connectivity index (χ0n) is 33.3.